The zero-order valence-corrected chi connectivity index (χ0v) is 11.1. The minimum Gasteiger partial charge on any atom is -0.271 e. The second-order valence-corrected chi connectivity index (χ2v) is 4.57. The zero-order chi connectivity index (χ0) is 12.5. The number of rotatable bonds is 8. The number of hydrazine groups is 1. The Kier molecular flexibility index (Phi) is 6.82. The van der Waals surface area contributed by atoms with Crippen molar-refractivity contribution in [3.05, 3.63) is 29.6 Å². The molecule has 0 aliphatic carbocycles. The zero-order valence-electron chi connectivity index (χ0n) is 11.1. The van der Waals surface area contributed by atoms with Gasteiger partial charge in [-0.2, -0.15) is 0 Å². The van der Waals surface area contributed by atoms with Crippen molar-refractivity contribution in [1.29, 1.82) is 0 Å². The smallest absolute Gasteiger partial charge is 0.0419 e. The highest BCUT2D eigenvalue weighted by atomic mass is 15.2. The van der Waals surface area contributed by atoms with Crippen LogP contribution in [0.3, 0.4) is 0 Å². The van der Waals surface area contributed by atoms with Gasteiger partial charge in [0, 0.05) is 24.4 Å². The van der Waals surface area contributed by atoms with Crippen molar-refractivity contribution in [2.24, 2.45) is 5.84 Å². The first-order chi connectivity index (χ1) is 8.30. The lowest BCUT2D eigenvalue weighted by Gasteiger charge is -2.15. The lowest BCUT2D eigenvalue weighted by Crippen LogP contribution is -2.36. The van der Waals surface area contributed by atoms with Crippen molar-refractivity contribution in [2.75, 3.05) is 0 Å². The van der Waals surface area contributed by atoms with E-state index in [0.717, 1.165) is 25.0 Å². The molecule has 0 saturated carbocycles. The van der Waals surface area contributed by atoms with Crippen LogP contribution in [-0.4, -0.2) is 11.0 Å². The molecule has 1 aromatic heterocycles. The number of hydrogen-bond donors (Lipinski definition) is 2. The van der Waals surface area contributed by atoms with Crippen molar-refractivity contribution in [3.8, 4) is 0 Å². The largest absolute Gasteiger partial charge is 0.271 e. The number of unbranched alkanes of at least 4 members (excludes halogenated alkanes) is 2. The molecule has 0 aliphatic heterocycles. The molecule has 0 bridgehead atoms. The minimum atomic E-state index is 0.349. The minimum absolute atomic E-state index is 0.349. The molecule has 0 fully saturated rings. The van der Waals surface area contributed by atoms with Crippen molar-refractivity contribution in [1.82, 2.24) is 10.4 Å². The van der Waals surface area contributed by atoms with E-state index in [0.29, 0.717) is 6.04 Å². The van der Waals surface area contributed by atoms with Gasteiger partial charge in [-0.25, -0.2) is 0 Å². The lowest BCUT2D eigenvalue weighted by molar-refractivity contribution is 0.463. The van der Waals surface area contributed by atoms with Gasteiger partial charge in [0.25, 0.3) is 0 Å². The van der Waals surface area contributed by atoms with Crippen LogP contribution in [0.4, 0.5) is 0 Å². The van der Waals surface area contributed by atoms with Crippen molar-refractivity contribution < 1.29 is 0 Å². The van der Waals surface area contributed by atoms with Crippen LogP contribution < -0.4 is 11.3 Å². The van der Waals surface area contributed by atoms with Crippen LogP contribution in [0.5, 0.6) is 0 Å². The third kappa shape index (κ3) is 5.29. The van der Waals surface area contributed by atoms with Crippen LogP contribution in [-0.2, 0) is 12.8 Å². The van der Waals surface area contributed by atoms with Gasteiger partial charge in [0.05, 0.1) is 0 Å². The molecular formula is C14H25N3. The van der Waals surface area contributed by atoms with E-state index in [-0.39, 0.29) is 0 Å². The van der Waals surface area contributed by atoms with Crippen LogP contribution in [0.25, 0.3) is 0 Å². The van der Waals surface area contributed by atoms with Crippen LogP contribution in [0.2, 0.25) is 0 Å². The van der Waals surface area contributed by atoms with Gasteiger partial charge in [-0.15, -0.1) is 0 Å². The normalized spacial score (nSPS) is 12.6. The van der Waals surface area contributed by atoms with Gasteiger partial charge >= 0.3 is 0 Å². The number of nitrogens with two attached hydrogens (primary N) is 1. The molecule has 1 aromatic rings. The summed E-state index contributed by atoms with van der Waals surface area (Å²) in [6.07, 6.45) is 8.82. The van der Waals surface area contributed by atoms with Crippen LogP contribution in [0, 0.1) is 0 Å². The summed E-state index contributed by atoms with van der Waals surface area (Å²) in [5, 5.41) is 0. The molecule has 0 saturated heterocycles. The Morgan fingerprint density at radius 2 is 2.12 bits per heavy atom. The quantitative estimate of drug-likeness (QED) is 0.414. The van der Waals surface area contributed by atoms with E-state index in [1.807, 2.05) is 6.20 Å². The maximum atomic E-state index is 5.58. The van der Waals surface area contributed by atoms with Crippen molar-refractivity contribution >= 4 is 0 Å². The van der Waals surface area contributed by atoms with Gasteiger partial charge in [0.15, 0.2) is 0 Å². The molecule has 3 nitrogen and oxygen atoms in total. The maximum absolute atomic E-state index is 5.58. The number of aromatic nitrogens is 1. The number of hydrogen-bond acceptors (Lipinski definition) is 3. The summed E-state index contributed by atoms with van der Waals surface area (Å²) in [6.45, 7) is 4.36. The molecule has 3 N–H and O–H groups in total. The third-order valence-corrected chi connectivity index (χ3v) is 3.14. The Hall–Kier alpha value is -0.930. The van der Waals surface area contributed by atoms with E-state index >= 15 is 0 Å². The van der Waals surface area contributed by atoms with E-state index in [4.69, 9.17) is 5.84 Å². The van der Waals surface area contributed by atoms with E-state index in [2.05, 4.69) is 36.4 Å². The summed E-state index contributed by atoms with van der Waals surface area (Å²) in [6, 6.07) is 4.62. The highest BCUT2D eigenvalue weighted by molar-refractivity contribution is 5.14. The summed E-state index contributed by atoms with van der Waals surface area (Å²) in [7, 11) is 0. The van der Waals surface area contributed by atoms with E-state index in [1.54, 1.807) is 0 Å². The predicted octanol–water partition coefficient (Wildman–Crippen LogP) is 2.60. The van der Waals surface area contributed by atoms with Gasteiger partial charge in [-0.1, -0.05) is 39.2 Å². The Bertz CT molecular complexity index is 295. The van der Waals surface area contributed by atoms with Crippen molar-refractivity contribution in [3.63, 3.8) is 0 Å². The molecular weight excluding hydrogens is 210 g/mol. The number of nitrogens with zero attached hydrogens (tertiary/aromatic N) is 1. The molecule has 0 aromatic carbocycles. The monoisotopic (exact) mass is 235 g/mol. The molecule has 0 spiro atoms. The Labute approximate surface area is 105 Å². The Morgan fingerprint density at radius 3 is 2.65 bits per heavy atom. The first kappa shape index (κ1) is 14.1. The summed E-state index contributed by atoms with van der Waals surface area (Å²) < 4.78 is 0. The molecule has 0 radical (unpaired) electrons. The van der Waals surface area contributed by atoms with Gasteiger partial charge < -0.3 is 0 Å². The molecule has 96 valence electrons. The molecule has 17 heavy (non-hydrogen) atoms. The summed E-state index contributed by atoms with van der Waals surface area (Å²) in [4.78, 5) is 4.47. The van der Waals surface area contributed by atoms with E-state index in [1.165, 1.54) is 24.8 Å². The average molecular weight is 235 g/mol. The molecule has 1 atom stereocenters. The topological polar surface area (TPSA) is 50.9 Å². The van der Waals surface area contributed by atoms with Crippen LogP contribution in [0.15, 0.2) is 18.3 Å². The maximum Gasteiger partial charge on any atom is 0.0419 e. The number of pyridine rings is 1. The molecule has 0 aliphatic rings. The fourth-order valence-electron chi connectivity index (χ4n) is 1.92. The van der Waals surface area contributed by atoms with Gasteiger partial charge in [0.1, 0.15) is 0 Å². The molecule has 0 amide bonds. The average Bonchev–Trinajstić information content (AvgIpc) is 2.38. The first-order valence-corrected chi connectivity index (χ1v) is 6.70. The highest BCUT2D eigenvalue weighted by Gasteiger charge is 2.08. The van der Waals surface area contributed by atoms with Gasteiger partial charge in [-0.3, -0.25) is 16.3 Å². The standard InChI is InChI=1S/C14H25N3/c1-3-5-6-7-14(17-15)10-13-9-8-12(4-2)11-16-13/h8-9,11,14,17H,3-7,10,15H2,1-2H3. The third-order valence-electron chi connectivity index (χ3n) is 3.14. The Balaban J connectivity index is 2.43. The fraction of sp³-hybridized carbons (Fsp3) is 0.643. The first-order valence-electron chi connectivity index (χ1n) is 6.70. The highest BCUT2D eigenvalue weighted by Crippen LogP contribution is 2.09. The summed E-state index contributed by atoms with van der Waals surface area (Å²) in [5.74, 6) is 5.58. The molecule has 1 heterocycles. The fourth-order valence-corrected chi connectivity index (χ4v) is 1.92. The van der Waals surface area contributed by atoms with Crippen LogP contribution >= 0.6 is 0 Å². The lowest BCUT2D eigenvalue weighted by atomic mass is 10.0. The van der Waals surface area contributed by atoms with Crippen molar-refractivity contribution in [2.45, 2.75) is 58.4 Å². The summed E-state index contributed by atoms with van der Waals surface area (Å²) >= 11 is 0. The second-order valence-electron chi connectivity index (χ2n) is 4.57. The molecule has 1 rings (SSSR count). The van der Waals surface area contributed by atoms with Gasteiger partial charge in [-0.05, 0) is 24.5 Å². The van der Waals surface area contributed by atoms with E-state index in [9.17, 15) is 0 Å². The summed E-state index contributed by atoms with van der Waals surface area (Å²) in [5.41, 5.74) is 5.31. The number of aryl methyl sites for hydroxylation is 1. The van der Waals surface area contributed by atoms with Crippen LogP contribution in [0.1, 0.15) is 50.8 Å². The Morgan fingerprint density at radius 1 is 1.29 bits per heavy atom. The van der Waals surface area contributed by atoms with E-state index < -0.39 is 0 Å². The molecule has 1 unspecified atom stereocenters. The molecule has 3 heteroatoms. The number of nitrogens with one attached hydrogen (secondary N) is 1. The predicted molar refractivity (Wildman–Crippen MR) is 72.6 cm³/mol. The second kappa shape index (κ2) is 8.20. The SMILES string of the molecule is CCCCCC(Cc1ccc(CC)cn1)NN. The van der Waals surface area contributed by atoms with Gasteiger partial charge in [0.2, 0.25) is 0 Å².